The van der Waals surface area contributed by atoms with E-state index in [-0.39, 0.29) is 23.2 Å². The number of carboxylic acids is 1. The zero-order valence-corrected chi connectivity index (χ0v) is 19.7. The van der Waals surface area contributed by atoms with Gasteiger partial charge in [0.05, 0.1) is 15.9 Å². The van der Waals surface area contributed by atoms with Gasteiger partial charge in [0, 0.05) is 32.2 Å². The number of rotatable bonds is 6. The summed E-state index contributed by atoms with van der Waals surface area (Å²) in [7, 11) is -3.65. The summed E-state index contributed by atoms with van der Waals surface area (Å²) in [6.07, 6.45) is -3.43. The van der Waals surface area contributed by atoms with Crippen LogP contribution in [0.3, 0.4) is 0 Å². The van der Waals surface area contributed by atoms with Gasteiger partial charge in [-0.25, -0.2) is 27.1 Å². The van der Waals surface area contributed by atoms with Gasteiger partial charge in [0.25, 0.3) is 0 Å². The van der Waals surface area contributed by atoms with Crippen LogP contribution in [0.25, 0.3) is 11.0 Å². The van der Waals surface area contributed by atoms with E-state index in [2.05, 4.69) is 14.6 Å². The minimum Gasteiger partial charge on any atom is -0.475 e. The molecule has 0 unspecified atom stereocenters. The summed E-state index contributed by atoms with van der Waals surface area (Å²) >= 11 is 0. The van der Waals surface area contributed by atoms with E-state index < -0.39 is 28.0 Å². The van der Waals surface area contributed by atoms with E-state index in [4.69, 9.17) is 9.90 Å². The fourth-order valence-corrected chi connectivity index (χ4v) is 4.89. The maximum atomic E-state index is 13.0. The third-order valence-electron chi connectivity index (χ3n) is 5.63. The molecule has 2 aromatic carbocycles. The van der Waals surface area contributed by atoms with Crippen LogP contribution in [0.4, 0.5) is 17.6 Å². The monoisotopic (exact) mass is 532 g/mol. The normalized spacial score (nSPS) is 15.4. The van der Waals surface area contributed by atoms with Crippen molar-refractivity contribution < 1.29 is 35.9 Å². The van der Waals surface area contributed by atoms with E-state index in [9.17, 15) is 30.8 Å². The number of nitrogens with one attached hydrogen (secondary N) is 2. The average molecular weight is 533 g/mol. The Hall–Kier alpha value is -3.23. The number of carbonyl (C=O) groups is 1. The molecule has 0 atom stereocenters. The molecule has 3 N–H and O–H groups in total. The molecule has 1 aliphatic heterocycles. The first-order chi connectivity index (χ1) is 16.9. The number of aliphatic carboxylic acids is 1. The maximum Gasteiger partial charge on any atom is 0.490 e. The van der Waals surface area contributed by atoms with Crippen LogP contribution in [0.15, 0.2) is 58.2 Å². The molecule has 0 radical (unpaired) electrons. The highest BCUT2D eigenvalue weighted by atomic mass is 32.2. The Morgan fingerprint density at radius 3 is 2.25 bits per heavy atom. The predicted molar refractivity (Wildman–Crippen MR) is 123 cm³/mol. The van der Waals surface area contributed by atoms with Crippen molar-refractivity contribution in [2.45, 2.75) is 30.0 Å². The molecular formula is C22H24F4N4O5S. The summed E-state index contributed by atoms with van der Waals surface area (Å²) in [6.45, 7) is 2.43. The topological polar surface area (TPSA) is 124 Å². The van der Waals surface area contributed by atoms with E-state index in [1.165, 1.54) is 12.1 Å². The molecule has 1 saturated heterocycles. The number of halogens is 4. The van der Waals surface area contributed by atoms with Gasteiger partial charge in [-0.1, -0.05) is 12.1 Å². The Balaban J connectivity index is 0.000000454. The van der Waals surface area contributed by atoms with Crippen molar-refractivity contribution in [3.8, 4) is 0 Å². The summed E-state index contributed by atoms with van der Waals surface area (Å²) in [5, 5.41) is 7.12. The second kappa shape index (κ2) is 11.2. The Morgan fingerprint density at radius 2 is 1.67 bits per heavy atom. The van der Waals surface area contributed by atoms with Crippen LogP contribution in [0.5, 0.6) is 0 Å². The number of aromatic nitrogens is 2. The fourth-order valence-electron chi connectivity index (χ4n) is 3.87. The van der Waals surface area contributed by atoms with Crippen LogP contribution in [0.1, 0.15) is 18.9 Å². The van der Waals surface area contributed by atoms with Gasteiger partial charge in [-0.2, -0.15) is 13.2 Å². The number of carboxylic acid groups (broad SMARTS) is 1. The largest absolute Gasteiger partial charge is 0.490 e. The molecule has 36 heavy (non-hydrogen) atoms. The van der Waals surface area contributed by atoms with Crippen molar-refractivity contribution >= 4 is 27.0 Å². The van der Waals surface area contributed by atoms with E-state index in [0.717, 1.165) is 49.1 Å². The lowest BCUT2D eigenvalue weighted by Crippen LogP contribution is -2.41. The third kappa shape index (κ3) is 6.92. The van der Waals surface area contributed by atoms with Crippen LogP contribution in [0, 0.1) is 5.82 Å². The molecular weight excluding hydrogens is 508 g/mol. The summed E-state index contributed by atoms with van der Waals surface area (Å²) < 4.78 is 73.6. The number of imidazole rings is 1. The number of piperidine rings is 1. The molecule has 4 rings (SSSR count). The lowest BCUT2D eigenvalue weighted by molar-refractivity contribution is -0.192. The number of alkyl halides is 3. The molecule has 1 aliphatic rings. The third-order valence-corrected chi connectivity index (χ3v) is 7.11. The number of H-pyrrole nitrogens is 1. The summed E-state index contributed by atoms with van der Waals surface area (Å²) in [5.41, 5.74) is 1.68. The number of hydrogen-bond acceptors (Lipinski definition) is 5. The van der Waals surface area contributed by atoms with Crippen LogP contribution in [-0.4, -0.2) is 66.3 Å². The molecule has 0 aliphatic carbocycles. The molecule has 0 spiro atoms. The lowest BCUT2D eigenvalue weighted by Gasteiger charge is -2.32. The number of sulfonamides is 1. The van der Waals surface area contributed by atoms with Gasteiger partial charge in [0.1, 0.15) is 5.82 Å². The molecule has 1 fully saturated rings. The summed E-state index contributed by atoms with van der Waals surface area (Å²) in [4.78, 5) is 26.4. The Bertz CT molecular complexity index is 1350. The van der Waals surface area contributed by atoms with E-state index in [1.807, 2.05) is 28.8 Å². The smallest absolute Gasteiger partial charge is 0.475 e. The Kier molecular flexibility index (Phi) is 8.53. The second-order valence-corrected chi connectivity index (χ2v) is 9.81. The van der Waals surface area contributed by atoms with E-state index in [1.54, 1.807) is 0 Å². The average Bonchev–Trinajstić information content (AvgIpc) is 3.15. The van der Waals surface area contributed by atoms with Crippen molar-refractivity contribution in [2.24, 2.45) is 0 Å². The number of fused-ring (bicyclic) bond motifs is 1. The molecule has 3 aromatic rings. The minimum atomic E-state index is -5.08. The predicted octanol–water partition coefficient (Wildman–Crippen LogP) is 2.72. The minimum absolute atomic E-state index is 0.0521. The van der Waals surface area contributed by atoms with Crippen LogP contribution in [0.2, 0.25) is 0 Å². The van der Waals surface area contributed by atoms with Crippen molar-refractivity contribution in [3.05, 3.63) is 64.8 Å². The molecule has 9 nitrogen and oxygen atoms in total. The van der Waals surface area contributed by atoms with Crippen molar-refractivity contribution in [2.75, 3.05) is 26.2 Å². The lowest BCUT2D eigenvalue weighted by atomic mass is 10.0. The van der Waals surface area contributed by atoms with Gasteiger partial charge in [-0.3, -0.25) is 4.57 Å². The van der Waals surface area contributed by atoms with Crippen molar-refractivity contribution in [1.82, 2.24) is 19.2 Å². The number of benzene rings is 2. The van der Waals surface area contributed by atoms with Crippen molar-refractivity contribution in [1.29, 1.82) is 0 Å². The number of para-hydroxylation sites is 2. The Morgan fingerprint density at radius 1 is 1.08 bits per heavy atom. The molecule has 14 heteroatoms. The quantitative estimate of drug-likeness (QED) is 0.420. The second-order valence-electron chi connectivity index (χ2n) is 8.04. The van der Waals surface area contributed by atoms with Crippen LogP contribution >= 0.6 is 0 Å². The first-order valence-electron chi connectivity index (χ1n) is 10.9. The molecule has 1 aromatic heterocycles. The number of hydrogen-bond donors (Lipinski definition) is 3. The Labute approximate surface area is 203 Å². The SMILES string of the molecule is O=C(O)C(F)(F)F.O=c1[nH]c2ccccc2n1C1CCN(CCNS(=O)(=O)c2ccc(F)cc2)CC1. The molecule has 0 saturated carbocycles. The van der Waals surface area contributed by atoms with Crippen LogP contribution < -0.4 is 10.4 Å². The number of likely N-dealkylation sites (tertiary alicyclic amines) is 1. The van der Waals surface area contributed by atoms with Gasteiger partial charge in [-0.05, 0) is 49.2 Å². The van der Waals surface area contributed by atoms with Crippen LogP contribution in [-0.2, 0) is 14.8 Å². The highest BCUT2D eigenvalue weighted by Gasteiger charge is 2.38. The molecule has 2 heterocycles. The van der Waals surface area contributed by atoms with Gasteiger partial charge in [0.15, 0.2) is 0 Å². The molecule has 0 bridgehead atoms. The van der Waals surface area contributed by atoms with E-state index >= 15 is 0 Å². The molecule has 0 amide bonds. The van der Waals surface area contributed by atoms with Crippen molar-refractivity contribution in [3.63, 3.8) is 0 Å². The highest BCUT2D eigenvalue weighted by molar-refractivity contribution is 7.89. The number of aromatic amines is 1. The highest BCUT2D eigenvalue weighted by Crippen LogP contribution is 2.24. The zero-order chi connectivity index (χ0) is 26.5. The summed E-state index contributed by atoms with van der Waals surface area (Å²) in [6, 6.07) is 12.6. The maximum absolute atomic E-state index is 13.0. The standard InChI is InChI=1S/C20H23FN4O3S.C2HF3O2/c21-15-5-7-17(8-6-15)29(27,28)22-11-14-24-12-9-16(10-13-24)25-19-4-2-1-3-18(19)23-20(25)26;3-2(4,5)1(6)7/h1-8,16,22H,9-14H2,(H,23,26);(H,6,7). The molecule has 196 valence electrons. The first kappa shape index (κ1) is 27.4. The number of nitrogens with zero attached hydrogens (tertiary/aromatic N) is 2. The van der Waals surface area contributed by atoms with Gasteiger partial charge < -0.3 is 15.0 Å². The summed E-state index contributed by atoms with van der Waals surface area (Å²) in [5.74, 6) is -3.23. The fraction of sp³-hybridized carbons (Fsp3) is 0.364. The van der Waals surface area contributed by atoms with Gasteiger partial charge >= 0.3 is 17.8 Å². The van der Waals surface area contributed by atoms with E-state index in [0.29, 0.717) is 6.54 Å². The zero-order valence-electron chi connectivity index (χ0n) is 18.8. The first-order valence-corrected chi connectivity index (χ1v) is 12.3. The van der Waals surface area contributed by atoms with Gasteiger partial charge in [-0.15, -0.1) is 0 Å². The van der Waals surface area contributed by atoms with Gasteiger partial charge in [0.2, 0.25) is 10.0 Å².